The predicted molar refractivity (Wildman–Crippen MR) is 81.9 cm³/mol. The number of anilines is 1. The highest BCUT2D eigenvalue weighted by atomic mass is 19.1. The van der Waals surface area contributed by atoms with Crippen molar-refractivity contribution in [3.05, 3.63) is 53.8 Å². The Bertz CT molecular complexity index is 684. The third kappa shape index (κ3) is 4.31. The summed E-state index contributed by atoms with van der Waals surface area (Å²) < 4.78 is 22.9. The molecular formula is C16H15FN2O3. The van der Waals surface area contributed by atoms with E-state index in [4.69, 9.17) is 9.47 Å². The molecule has 0 atom stereocenters. The maximum Gasteiger partial charge on any atom is 0.308 e. The minimum atomic E-state index is -0.419. The zero-order valence-corrected chi connectivity index (χ0v) is 12.2. The molecule has 114 valence electrons. The zero-order valence-electron chi connectivity index (χ0n) is 12.2. The number of nitrogens with one attached hydrogen (secondary N) is 1. The number of carbonyl (C=O) groups excluding carboxylic acids is 1. The van der Waals surface area contributed by atoms with Gasteiger partial charge in [0, 0.05) is 6.92 Å². The van der Waals surface area contributed by atoms with Crippen molar-refractivity contribution in [2.24, 2.45) is 5.10 Å². The van der Waals surface area contributed by atoms with E-state index in [1.165, 1.54) is 26.2 Å². The summed E-state index contributed by atoms with van der Waals surface area (Å²) in [7, 11) is 1.49. The fraction of sp³-hybridized carbons (Fsp3) is 0.125. The molecule has 5 nitrogen and oxygen atoms in total. The van der Waals surface area contributed by atoms with Crippen molar-refractivity contribution in [3.63, 3.8) is 0 Å². The van der Waals surface area contributed by atoms with Crippen molar-refractivity contribution >= 4 is 17.9 Å². The Labute approximate surface area is 127 Å². The number of methoxy groups -OCH3 is 1. The van der Waals surface area contributed by atoms with Crippen molar-refractivity contribution in [1.29, 1.82) is 0 Å². The standard InChI is InChI=1S/C16H15FN2O3/c1-11(20)22-15-8-3-12(9-16(15)21-2)10-18-19-14-6-4-13(17)5-7-14/h3-10,19H,1-2H3/b18-10-. The lowest BCUT2D eigenvalue weighted by Crippen LogP contribution is -2.03. The van der Waals surface area contributed by atoms with Gasteiger partial charge in [0.15, 0.2) is 11.5 Å². The van der Waals surface area contributed by atoms with Crippen LogP contribution in [0.5, 0.6) is 11.5 Å². The van der Waals surface area contributed by atoms with Crippen LogP contribution >= 0.6 is 0 Å². The number of hydrazone groups is 1. The van der Waals surface area contributed by atoms with Crippen molar-refractivity contribution in [1.82, 2.24) is 0 Å². The molecule has 0 spiro atoms. The predicted octanol–water partition coefficient (Wildman–Crippen LogP) is 3.21. The van der Waals surface area contributed by atoms with E-state index in [9.17, 15) is 9.18 Å². The molecule has 2 aromatic carbocycles. The second kappa shape index (κ2) is 7.21. The van der Waals surface area contributed by atoms with Crippen LogP contribution in [0.1, 0.15) is 12.5 Å². The summed E-state index contributed by atoms with van der Waals surface area (Å²) >= 11 is 0. The summed E-state index contributed by atoms with van der Waals surface area (Å²) in [6.45, 7) is 1.32. The largest absolute Gasteiger partial charge is 0.493 e. The number of nitrogens with zero attached hydrogens (tertiary/aromatic N) is 1. The number of ether oxygens (including phenoxy) is 2. The van der Waals surface area contributed by atoms with Gasteiger partial charge in [-0.25, -0.2) is 4.39 Å². The molecule has 2 aromatic rings. The molecule has 0 bridgehead atoms. The molecule has 6 heteroatoms. The van der Waals surface area contributed by atoms with Gasteiger partial charge >= 0.3 is 5.97 Å². The zero-order chi connectivity index (χ0) is 15.9. The maximum absolute atomic E-state index is 12.8. The minimum Gasteiger partial charge on any atom is -0.493 e. The number of benzene rings is 2. The number of rotatable bonds is 5. The quantitative estimate of drug-likeness (QED) is 0.399. The molecule has 2 rings (SSSR count). The molecule has 0 amide bonds. The smallest absolute Gasteiger partial charge is 0.308 e. The average molecular weight is 302 g/mol. The Kier molecular flexibility index (Phi) is 5.08. The van der Waals surface area contributed by atoms with E-state index in [-0.39, 0.29) is 5.82 Å². The number of hydrogen-bond donors (Lipinski definition) is 1. The molecule has 0 fully saturated rings. The van der Waals surface area contributed by atoms with Gasteiger partial charge in [-0.15, -0.1) is 0 Å². The van der Waals surface area contributed by atoms with Crippen LogP contribution in [0.3, 0.4) is 0 Å². The first-order valence-electron chi connectivity index (χ1n) is 6.49. The first-order chi connectivity index (χ1) is 10.6. The molecule has 0 unspecified atom stereocenters. The average Bonchev–Trinajstić information content (AvgIpc) is 2.50. The topological polar surface area (TPSA) is 59.9 Å². The molecule has 0 saturated heterocycles. The van der Waals surface area contributed by atoms with E-state index < -0.39 is 5.97 Å². The maximum atomic E-state index is 12.8. The number of hydrogen-bond acceptors (Lipinski definition) is 5. The molecule has 22 heavy (non-hydrogen) atoms. The first kappa shape index (κ1) is 15.5. The Balaban J connectivity index is 2.07. The third-order valence-corrected chi connectivity index (χ3v) is 2.69. The third-order valence-electron chi connectivity index (χ3n) is 2.69. The second-order valence-electron chi connectivity index (χ2n) is 4.38. The summed E-state index contributed by atoms with van der Waals surface area (Å²) in [5, 5.41) is 4.05. The summed E-state index contributed by atoms with van der Waals surface area (Å²) in [5.74, 6) is 0.0533. The molecular weight excluding hydrogens is 287 g/mol. The van der Waals surface area contributed by atoms with Gasteiger partial charge in [0.2, 0.25) is 0 Å². The van der Waals surface area contributed by atoms with Crippen LogP contribution in [0.4, 0.5) is 10.1 Å². The summed E-state index contributed by atoms with van der Waals surface area (Å²) in [6, 6.07) is 10.9. The Hall–Kier alpha value is -2.89. The van der Waals surface area contributed by atoms with E-state index in [1.54, 1.807) is 36.5 Å². The van der Waals surface area contributed by atoms with Gasteiger partial charge in [-0.2, -0.15) is 5.10 Å². The van der Waals surface area contributed by atoms with E-state index >= 15 is 0 Å². The molecule has 0 saturated carbocycles. The monoisotopic (exact) mass is 302 g/mol. The van der Waals surface area contributed by atoms with Gasteiger partial charge in [-0.05, 0) is 48.0 Å². The normalized spacial score (nSPS) is 10.5. The van der Waals surface area contributed by atoms with Crippen LogP contribution in [0.2, 0.25) is 0 Å². The van der Waals surface area contributed by atoms with Crippen LogP contribution < -0.4 is 14.9 Å². The highest BCUT2D eigenvalue weighted by Crippen LogP contribution is 2.27. The van der Waals surface area contributed by atoms with Crippen LogP contribution in [0.15, 0.2) is 47.6 Å². The molecule has 0 aliphatic rings. The van der Waals surface area contributed by atoms with E-state index in [1.807, 2.05) is 0 Å². The number of esters is 1. The number of carbonyl (C=O) groups is 1. The highest BCUT2D eigenvalue weighted by molar-refractivity contribution is 5.82. The molecule has 0 radical (unpaired) electrons. The van der Waals surface area contributed by atoms with Crippen molar-refractivity contribution in [2.75, 3.05) is 12.5 Å². The molecule has 0 heterocycles. The SMILES string of the molecule is COc1cc(/C=N\Nc2ccc(F)cc2)ccc1OC(C)=O. The summed E-state index contributed by atoms with van der Waals surface area (Å²) in [6.07, 6.45) is 1.57. The molecule has 1 N–H and O–H groups in total. The van der Waals surface area contributed by atoms with E-state index in [0.29, 0.717) is 17.2 Å². The second-order valence-corrected chi connectivity index (χ2v) is 4.38. The van der Waals surface area contributed by atoms with Crippen LogP contribution in [-0.4, -0.2) is 19.3 Å². The van der Waals surface area contributed by atoms with Crippen molar-refractivity contribution in [2.45, 2.75) is 6.92 Å². The van der Waals surface area contributed by atoms with Crippen LogP contribution in [0, 0.1) is 5.82 Å². The number of halogens is 1. The van der Waals surface area contributed by atoms with Gasteiger partial charge in [0.1, 0.15) is 5.82 Å². The van der Waals surface area contributed by atoms with E-state index in [2.05, 4.69) is 10.5 Å². The van der Waals surface area contributed by atoms with Gasteiger partial charge < -0.3 is 9.47 Å². The first-order valence-corrected chi connectivity index (χ1v) is 6.49. The van der Waals surface area contributed by atoms with Crippen molar-refractivity contribution < 1.29 is 18.7 Å². The lowest BCUT2D eigenvalue weighted by atomic mass is 10.2. The summed E-state index contributed by atoms with van der Waals surface area (Å²) in [5.41, 5.74) is 4.20. The molecule has 0 aliphatic carbocycles. The van der Waals surface area contributed by atoms with Gasteiger partial charge in [0.05, 0.1) is 19.0 Å². The molecule has 0 aromatic heterocycles. The lowest BCUT2D eigenvalue weighted by molar-refractivity contribution is -0.132. The fourth-order valence-electron chi connectivity index (χ4n) is 1.71. The van der Waals surface area contributed by atoms with Gasteiger partial charge in [-0.3, -0.25) is 10.2 Å². The van der Waals surface area contributed by atoms with Crippen LogP contribution in [0.25, 0.3) is 0 Å². The lowest BCUT2D eigenvalue weighted by Gasteiger charge is -2.08. The van der Waals surface area contributed by atoms with Crippen molar-refractivity contribution in [3.8, 4) is 11.5 Å². The highest BCUT2D eigenvalue weighted by Gasteiger charge is 2.07. The van der Waals surface area contributed by atoms with Gasteiger partial charge in [-0.1, -0.05) is 0 Å². The Morgan fingerprint density at radius 3 is 2.55 bits per heavy atom. The minimum absolute atomic E-state index is 0.305. The molecule has 0 aliphatic heterocycles. The fourth-order valence-corrected chi connectivity index (χ4v) is 1.71. The van der Waals surface area contributed by atoms with E-state index in [0.717, 1.165) is 5.56 Å². The van der Waals surface area contributed by atoms with Crippen LogP contribution in [-0.2, 0) is 4.79 Å². The Morgan fingerprint density at radius 1 is 1.18 bits per heavy atom. The Morgan fingerprint density at radius 2 is 1.91 bits per heavy atom. The summed E-state index contributed by atoms with van der Waals surface area (Å²) in [4.78, 5) is 11.0. The van der Waals surface area contributed by atoms with Gasteiger partial charge in [0.25, 0.3) is 0 Å².